The van der Waals surface area contributed by atoms with Gasteiger partial charge in [-0.2, -0.15) is 0 Å². The molecular formula is C11H16S. The van der Waals surface area contributed by atoms with Gasteiger partial charge < -0.3 is 0 Å². The zero-order valence-corrected chi connectivity index (χ0v) is 8.54. The highest BCUT2D eigenvalue weighted by atomic mass is 32.2. The predicted octanol–water partition coefficient (Wildman–Crippen LogP) is 2.94. The van der Waals surface area contributed by atoms with Crippen LogP contribution >= 0.6 is 11.8 Å². The summed E-state index contributed by atoms with van der Waals surface area (Å²) in [6, 6.07) is 0. The highest BCUT2D eigenvalue weighted by molar-refractivity contribution is 7.99. The molecule has 0 rings (SSSR count). The molecule has 0 atom stereocenters. The van der Waals surface area contributed by atoms with E-state index in [1.165, 1.54) is 19.3 Å². The largest absolute Gasteiger partial charge is 0.136 e. The van der Waals surface area contributed by atoms with Crippen LogP contribution in [0.1, 0.15) is 32.6 Å². The zero-order chi connectivity index (χ0) is 9.07. The molecule has 0 fully saturated rings. The maximum Gasteiger partial charge on any atom is 0.0557 e. The van der Waals surface area contributed by atoms with E-state index in [1.807, 2.05) is 0 Å². The van der Waals surface area contributed by atoms with E-state index in [0.717, 1.165) is 17.9 Å². The van der Waals surface area contributed by atoms with Gasteiger partial charge in [-0.05, 0) is 6.42 Å². The fourth-order valence-electron chi connectivity index (χ4n) is 0.764. The average molecular weight is 180 g/mol. The van der Waals surface area contributed by atoms with Crippen molar-refractivity contribution in [1.82, 2.24) is 0 Å². The fraction of sp³-hybridized carbons (Fsp3) is 0.636. The fourth-order valence-corrected chi connectivity index (χ4v) is 1.19. The lowest BCUT2D eigenvalue weighted by Crippen LogP contribution is -1.75. The van der Waals surface area contributed by atoms with Crippen LogP contribution < -0.4 is 0 Å². The summed E-state index contributed by atoms with van der Waals surface area (Å²) in [5.41, 5.74) is 0. The van der Waals surface area contributed by atoms with Crippen molar-refractivity contribution in [3.05, 3.63) is 0 Å². The first-order valence-electron chi connectivity index (χ1n) is 4.38. The molecule has 0 amide bonds. The lowest BCUT2D eigenvalue weighted by Gasteiger charge is -1.88. The van der Waals surface area contributed by atoms with Crippen LogP contribution in [0.15, 0.2) is 0 Å². The van der Waals surface area contributed by atoms with Crippen LogP contribution in [0.3, 0.4) is 0 Å². The summed E-state index contributed by atoms with van der Waals surface area (Å²) in [7, 11) is 0. The molecular weight excluding hydrogens is 164 g/mol. The van der Waals surface area contributed by atoms with Crippen LogP contribution in [-0.2, 0) is 0 Å². The summed E-state index contributed by atoms with van der Waals surface area (Å²) >= 11 is 1.71. The first-order valence-corrected chi connectivity index (χ1v) is 5.54. The summed E-state index contributed by atoms with van der Waals surface area (Å²) in [6.07, 6.45) is 9.94. The van der Waals surface area contributed by atoms with Gasteiger partial charge in [0.2, 0.25) is 0 Å². The third-order valence-corrected chi connectivity index (χ3v) is 2.11. The summed E-state index contributed by atoms with van der Waals surface area (Å²) in [5.74, 6) is 10.5. The second kappa shape index (κ2) is 10.5. The topological polar surface area (TPSA) is 0 Å². The maximum absolute atomic E-state index is 5.09. The molecule has 0 heterocycles. The Kier molecular flexibility index (Phi) is 10.0. The summed E-state index contributed by atoms with van der Waals surface area (Å²) < 4.78 is 0. The molecule has 0 saturated carbocycles. The molecule has 66 valence electrons. The lowest BCUT2D eigenvalue weighted by atomic mass is 10.2. The van der Waals surface area contributed by atoms with Gasteiger partial charge in [-0.15, -0.1) is 24.1 Å². The summed E-state index contributed by atoms with van der Waals surface area (Å²) in [6.45, 7) is 2.20. The molecule has 12 heavy (non-hydrogen) atoms. The maximum atomic E-state index is 5.09. The molecule has 0 aromatic rings. The Labute approximate surface area is 80.5 Å². The molecule has 0 N–H and O–H groups in total. The molecule has 0 spiro atoms. The van der Waals surface area contributed by atoms with Gasteiger partial charge in [-0.1, -0.05) is 31.6 Å². The van der Waals surface area contributed by atoms with Crippen molar-refractivity contribution in [2.45, 2.75) is 32.6 Å². The number of hydrogen-bond donors (Lipinski definition) is 0. The molecule has 1 heteroatoms. The normalized spacial score (nSPS) is 8.33. The summed E-state index contributed by atoms with van der Waals surface area (Å²) in [5, 5.41) is 0. The average Bonchev–Trinajstić information content (AvgIpc) is 2.10. The van der Waals surface area contributed by atoms with Gasteiger partial charge in [0.25, 0.3) is 0 Å². The van der Waals surface area contributed by atoms with Crippen molar-refractivity contribution in [3.8, 4) is 24.2 Å². The van der Waals surface area contributed by atoms with Gasteiger partial charge in [0.05, 0.1) is 11.5 Å². The van der Waals surface area contributed by atoms with Crippen LogP contribution in [0.2, 0.25) is 0 Å². The number of hydrogen-bond acceptors (Lipinski definition) is 1. The molecule has 0 saturated heterocycles. The molecule has 0 aromatic carbocycles. The van der Waals surface area contributed by atoms with Gasteiger partial charge in [0, 0.05) is 6.42 Å². The van der Waals surface area contributed by atoms with Gasteiger partial charge >= 0.3 is 0 Å². The quantitative estimate of drug-likeness (QED) is 0.463. The Bertz CT molecular complexity index is 177. The van der Waals surface area contributed by atoms with Gasteiger partial charge in [-0.3, -0.25) is 0 Å². The molecule has 0 aromatic heterocycles. The minimum absolute atomic E-state index is 0.781. The van der Waals surface area contributed by atoms with Crippen molar-refractivity contribution < 1.29 is 0 Å². The minimum Gasteiger partial charge on any atom is -0.136 e. The van der Waals surface area contributed by atoms with Crippen LogP contribution in [0.5, 0.6) is 0 Å². The SMILES string of the molecule is C#CCSCC#CCCCCC. The van der Waals surface area contributed by atoms with Gasteiger partial charge in [0.1, 0.15) is 0 Å². The highest BCUT2D eigenvalue weighted by Gasteiger charge is 1.81. The molecule has 0 aliphatic rings. The zero-order valence-electron chi connectivity index (χ0n) is 7.73. The first kappa shape index (κ1) is 11.5. The number of unbranched alkanes of at least 4 members (excludes halogenated alkanes) is 3. The third-order valence-electron chi connectivity index (χ3n) is 1.39. The molecule has 0 radical (unpaired) electrons. The van der Waals surface area contributed by atoms with Crippen molar-refractivity contribution in [2.75, 3.05) is 11.5 Å². The van der Waals surface area contributed by atoms with E-state index in [2.05, 4.69) is 24.7 Å². The number of thioether (sulfide) groups is 1. The Balaban J connectivity index is 3.07. The second-order valence-corrected chi connectivity index (χ2v) is 3.49. The molecule has 0 aliphatic heterocycles. The Hall–Kier alpha value is -0.530. The van der Waals surface area contributed by atoms with E-state index in [9.17, 15) is 0 Å². The van der Waals surface area contributed by atoms with Crippen molar-refractivity contribution in [1.29, 1.82) is 0 Å². The van der Waals surface area contributed by atoms with E-state index >= 15 is 0 Å². The van der Waals surface area contributed by atoms with E-state index < -0.39 is 0 Å². The second-order valence-electron chi connectivity index (χ2n) is 2.51. The Morgan fingerprint density at radius 1 is 1.17 bits per heavy atom. The van der Waals surface area contributed by atoms with E-state index in [0.29, 0.717) is 0 Å². The van der Waals surface area contributed by atoms with E-state index in [-0.39, 0.29) is 0 Å². The van der Waals surface area contributed by atoms with Crippen LogP contribution in [0.25, 0.3) is 0 Å². The standard InChI is InChI=1S/C11H16S/c1-3-5-6-7-8-9-11-12-10-4-2/h2H,3,5-7,10-11H2,1H3. The highest BCUT2D eigenvalue weighted by Crippen LogP contribution is 1.98. The Morgan fingerprint density at radius 2 is 2.00 bits per heavy atom. The molecule has 0 unspecified atom stereocenters. The third kappa shape index (κ3) is 9.47. The van der Waals surface area contributed by atoms with Crippen molar-refractivity contribution in [2.24, 2.45) is 0 Å². The number of rotatable bonds is 5. The first-order chi connectivity index (χ1) is 5.91. The minimum atomic E-state index is 0.781. The van der Waals surface area contributed by atoms with Crippen LogP contribution in [-0.4, -0.2) is 11.5 Å². The van der Waals surface area contributed by atoms with E-state index in [1.54, 1.807) is 11.8 Å². The number of terminal acetylenes is 1. The van der Waals surface area contributed by atoms with E-state index in [4.69, 9.17) is 6.42 Å². The lowest BCUT2D eigenvalue weighted by molar-refractivity contribution is 0.737. The van der Waals surface area contributed by atoms with Crippen molar-refractivity contribution in [3.63, 3.8) is 0 Å². The predicted molar refractivity (Wildman–Crippen MR) is 58.1 cm³/mol. The summed E-state index contributed by atoms with van der Waals surface area (Å²) in [4.78, 5) is 0. The van der Waals surface area contributed by atoms with Crippen molar-refractivity contribution >= 4 is 11.8 Å². The van der Waals surface area contributed by atoms with Gasteiger partial charge in [-0.25, -0.2) is 0 Å². The monoisotopic (exact) mass is 180 g/mol. The molecule has 0 bridgehead atoms. The smallest absolute Gasteiger partial charge is 0.0557 e. The molecule has 0 nitrogen and oxygen atoms in total. The van der Waals surface area contributed by atoms with Crippen LogP contribution in [0, 0.1) is 24.2 Å². The molecule has 0 aliphatic carbocycles. The van der Waals surface area contributed by atoms with Gasteiger partial charge in [0.15, 0.2) is 0 Å². The van der Waals surface area contributed by atoms with Crippen LogP contribution in [0.4, 0.5) is 0 Å². The Morgan fingerprint density at radius 3 is 2.67 bits per heavy atom.